The molecule has 3 aliphatic heterocycles. The third kappa shape index (κ3) is 4.07. The number of nitrogens with one attached hydrogen (secondary N) is 1. The van der Waals surface area contributed by atoms with Crippen LogP contribution in [0.15, 0.2) is 41.3 Å². The molecule has 3 aliphatic rings. The number of piperazine rings is 1. The Labute approximate surface area is 186 Å². The number of methoxy groups -OCH3 is 1. The number of para-hydroxylation sites is 2. The molecule has 2 aromatic rings. The largest absolute Gasteiger partial charge is 0.495 e. The molecule has 3 heterocycles. The predicted octanol–water partition coefficient (Wildman–Crippen LogP) is 3.49. The van der Waals surface area contributed by atoms with Gasteiger partial charge in [0, 0.05) is 39.3 Å². The summed E-state index contributed by atoms with van der Waals surface area (Å²) < 4.78 is 18.2. The van der Waals surface area contributed by atoms with E-state index in [0.717, 1.165) is 55.5 Å². The van der Waals surface area contributed by atoms with Crippen molar-refractivity contribution < 1.29 is 19.0 Å². The van der Waals surface area contributed by atoms with E-state index in [4.69, 9.17) is 14.2 Å². The monoisotopic (exact) mass is 442 g/mol. The van der Waals surface area contributed by atoms with Crippen molar-refractivity contribution in [1.29, 1.82) is 0 Å². The molecule has 2 amide bonds. The lowest BCUT2D eigenvalue weighted by atomic mass is 10.2. The van der Waals surface area contributed by atoms with Crippen LogP contribution in [0.1, 0.15) is 6.42 Å². The van der Waals surface area contributed by atoms with Crippen LogP contribution in [0.4, 0.5) is 16.2 Å². The Morgan fingerprint density at radius 1 is 1.06 bits per heavy atom. The number of carbonyl (C=O) groups is 1. The number of fused-ring (bicyclic) bond motifs is 3. The second-order valence-corrected chi connectivity index (χ2v) is 8.71. The molecule has 9 heteroatoms. The van der Waals surface area contributed by atoms with Crippen LogP contribution in [-0.2, 0) is 0 Å². The molecule has 0 aromatic heterocycles. The number of hydrogen-bond acceptors (Lipinski definition) is 7. The van der Waals surface area contributed by atoms with E-state index in [1.165, 1.54) is 11.9 Å². The standard InChI is InChI=1S/C22H26N4O4S/c1-28-17-6-3-2-5-16(17)25-13-11-24(12-14-25)9-4-10-26-22(27)23-20-19(31-26)8-7-18-21(20)30-15-29-18/h2-3,5-8H,4,9-15H2,1H3,(H,23,27). The molecular formula is C22H26N4O4S. The molecule has 1 N–H and O–H groups in total. The normalized spacial score (nSPS) is 18.0. The number of nitrogens with zero attached hydrogens (tertiary/aromatic N) is 3. The van der Waals surface area contributed by atoms with Crippen LogP contribution in [-0.4, -0.2) is 68.4 Å². The van der Waals surface area contributed by atoms with Gasteiger partial charge < -0.3 is 24.4 Å². The average molecular weight is 443 g/mol. The Morgan fingerprint density at radius 3 is 2.74 bits per heavy atom. The summed E-state index contributed by atoms with van der Waals surface area (Å²) in [6.45, 7) is 5.81. The summed E-state index contributed by atoms with van der Waals surface area (Å²) in [5, 5.41) is 2.96. The minimum atomic E-state index is -0.109. The first kappa shape index (κ1) is 20.1. The number of benzene rings is 2. The van der Waals surface area contributed by atoms with Gasteiger partial charge in [0.1, 0.15) is 11.4 Å². The quantitative estimate of drug-likeness (QED) is 0.687. The molecule has 1 fully saturated rings. The first-order valence-electron chi connectivity index (χ1n) is 10.5. The highest BCUT2D eigenvalue weighted by Gasteiger charge is 2.30. The van der Waals surface area contributed by atoms with Crippen molar-refractivity contribution in [1.82, 2.24) is 9.21 Å². The molecule has 5 rings (SSSR count). The molecule has 31 heavy (non-hydrogen) atoms. The highest BCUT2D eigenvalue weighted by Crippen LogP contribution is 2.47. The zero-order chi connectivity index (χ0) is 21.2. The number of carbonyl (C=O) groups excluding carboxylic acids is 1. The van der Waals surface area contributed by atoms with Gasteiger partial charge in [-0.2, -0.15) is 0 Å². The van der Waals surface area contributed by atoms with Crippen molar-refractivity contribution in [3.05, 3.63) is 36.4 Å². The summed E-state index contributed by atoms with van der Waals surface area (Å²) in [6.07, 6.45) is 0.926. The lowest BCUT2D eigenvalue weighted by Gasteiger charge is -2.37. The van der Waals surface area contributed by atoms with E-state index in [1.807, 2.05) is 24.3 Å². The van der Waals surface area contributed by atoms with Crippen LogP contribution in [0.5, 0.6) is 17.2 Å². The van der Waals surface area contributed by atoms with E-state index in [2.05, 4.69) is 27.2 Å². The highest BCUT2D eigenvalue weighted by molar-refractivity contribution is 7.97. The van der Waals surface area contributed by atoms with Gasteiger partial charge in [0.25, 0.3) is 0 Å². The smallest absolute Gasteiger partial charge is 0.332 e. The third-order valence-corrected chi connectivity index (χ3v) is 6.91. The molecular weight excluding hydrogens is 416 g/mol. The molecule has 0 unspecified atom stereocenters. The van der Waals surface area contributed by atoms with E-state index in [1.54, 1.807) is 11.4 Å². The van der Waals surface area contributed by atoms with Crippen molar-refractivity contribution in [3.63, 3.8) is 0 Å². The lowest BCUT2D eigenvalue weighted by molar-refractivity contribution is 0.174. The van der Waals surface area contributed by atoms with E-state index >= 15 is 0 Å². The average Bonchev–Trinajstić information content (AvgIpc) is 3.29. The van der Waals surface area contributed by atoms with Crippen molar-refractivity contribution in [3.8, 4) is 17.2 Å². The maximum atomic E-state index is 12.6. The molecule has 2 aromatic carbocycles. The SMILES string of the molecule is COc1ccccc1N1CCN(CCCN2Sc3ccc4c(c3NC2=O)OCO4)CC1. The summed E-state index contributed by atoms with van der Waals surface area (Å²) in [5.41, 5.74) is 1.87. The van der Waals surface area contributed by atoms with Gasteiger partial charge in [0.05, 0.1) is 17.7 Å². The van der Waals surface area contributed by atoms with E-state index in [0.29, 0.717) is 23.7 Å². The molecule has 8 nitrogen and oxygen atoms in total. The number of ether oxygens (including phenoxy) is 3. The number of anilines is 2. The molecule has 164 valence electrons. The van der Waals surface area contributed by atoms with Crippen LogP contribution in [0, 0.1) is 0 Å². The van der Waals surface area contributed by atoms with Crippen LogP contribution >= 0.6 is 11.9 Å². The van der Waals surface area contributed by atoms with Gasteiger partial charge in [0.2, 0.25) is 6.79 Å². The van der Waals surface area contributed by atoms with Crippen LogP contribution < -0.4 is 24.4 Å². The summed E-state index contributed by atoms with van der Waals surface area (Å²) in [4.78, 5) is 18.4. The van der Waals surface area contributed by atoms with Crippen molar-refractivity contribution >= 4 is 29.4 Å². The van der Waals surface area contributed by atoms with Crippen molar-refractivity contribution in [2.24, 2.45) is 0 Å². The fourth-order valence-corrected chi connectivity index (χ4v) is 5.12. The topological polar surface area (TPSA) is 66.5 Å². The van der Waals surface area contributed by atoms with Gasteiger partial charge in [-0.05, 0) is 42.6 Å². The van der Waals surface area contributed by atoms with Gasteiger partial charge in [-0.3, -0.25) is 9.21 Å². The van der Waals surface area contributed by atoms with Crippen LogP contribution in [0.2, 0.25) is 0 Å². The van der Waals surface area contributed by atoms with Gasteiger partial charge in [-0.15, -0.1) is 0 Å². The minimum Gasteiger partial charge on any atom is -0.495 e. The summed E-state index contributed by atoms with van der Waals surface area (Å²) in [7, 11) is 1.72. The van der Waals surface area contributed by atoms with Crippen LogP contribution in [0.3, 0.4) is 0 Å². The third-order valence-electron chi connectivity index (χ3n) is 5.80. The van der Waals surface area contributed by atoms with Gasteiger partial charge in [-0.25, -0.2) is 4.79 Å². The van der Waals surface area contributed by atoms with E-state index in [9.17, 15) is 4.79 Å². The Hall–Kier alpha value is -2.78. The van der Waals surface area contributed by atoms with Gasteiger partial charge in [-0.1, -0.05) is 12.1 Å². The van der Waals surface area contributed by atoms with Crippen molar-refractivity contribution in [2.45, 2.75) is 11.3 Å². The number of urea groups is 1. The summed E-state index contributed by atoms with van der Waals surface area (Å²) in [6, 6.07) is 11.9. The molecule has 1 saturated heterocycles. The number of hydrogen-bond donors (Lipinski definition) is 1. The Morgan fingerprint density at radius 2 is 1.90 bits per heavy atom. The Bertz CT molecular complexity index is 965. The first-order chi connectivity index (χ1) is 15.2. The second-order valence-electron chi connectivity index (χ2n) is 7.65. The predicted molar refractivity (Wildman–Crippen MR) is 120 cm³/mol. The fourth-order valence-electron chi connectivity index (χ4n) is 4.17. The number of amides is 2. The zero-order valence-corrected chi connectivity index (χ0v) is 18.3. The summed E-state index contributed by atoms with van der Waals surface area (Å²) >= 11 is 1.46. The highest BCUT2D eigenvalue weighted by atomic mass is 32.2. The lowest BCUT2D eigenvalue weighted by Crippen LogP contribution is -2.47. The maximum absolute atomic E-state index is 12.6. The molecule has 0 aliphatic carbocycles. The molecule has 0 atom stereocenters. The number of rotatable bonds is 6. The maximum Gasteiger partial charge on any atom is 0.332 e. The minimum absolute atomic E-state index is 0.109. The molecule has 0 radical (unpaired) electrons. The van der Waals surface area contributed by atoms with Crippen LogP contribution in [0.25, 0.3) is 0 Å². The fraction of sp³-hybridized carbons (Fsp3) is 0.409. The zero-order valence-electron chi connectivity index (χ0n) is 17.5. The molecule has 0 bridgehead atoms. The summed E-state index contributed by atoms with van der Waals surface area (Å²) in [5.74, 6) is 2.23. The van der Waals surface area contributed by atoms with Gasteiger partial charge >= 0.3 is 6.03 Å². The molecule has 0 spiro atoms. The Kier molecular flexibility index (Phi) is 5.69. The van der Waals surface area contributed by atoms with E-state index < -0.39 is 0 Å². The van der Waals surface area contributed by atoms with Gasteiger partial charge in [0.15, 0.2) is 11.5 Å². The first-order valence-corrected chi connectivity index (χ1v) is 11.3. The van der Waals surface area contributed by atoms with Crippen molar-refractivity contribution in [2.75, 3.05) is 63.4 Å². The molecule has 0 saturated carbocycles. The second kappa shape index (κ2) is 8.76. The Balaban J connectivity index is 1.11. The van der Waals surface area contributed by atoms with E-state index in [-0.39, 0.29) is 12.8 Å².